The van der Waals surface area contributed by atoms with Gasteiger partial charge in [0.25, 0.3) is 0 Å². The normalized spacial score (nSPS) is 12.4. The van der Waals surface area contributed by atoms with Crippen molar-refractivity contribution in [3.05, 3.63) is 53.3 Å². The predicted molar refractivity (Wildman–Crippen MR) is 118 cm³/mol. The summed E-state index contributed by atoms with van der Waals surface area (Å²) in [6, 6.07) is 10.7. The third-order valence-corrected chi connectivity index (χ3v) is 5.17. The largest absolute Gasteiger partial charge is 0.496 e. The van der Waals surface area contributed by atoms with E-state index in [1.54, 1.807) is 32.4 Å². The van der Waals surface area contributed by atoms with Crippen LogP contribution in [0.2, 0.25) is 0 Å². The molecule has 8 heteroatoms. The number of nitrogens with zero attached hydrogens (tertiary/aromatic N) is 1. The fraction of sp³-hybridized carbons (Fsp3) is 0.333. The van der Waals surface area contributed by atoms with Crippen LogP contribution in [-0.2, 0) is 6.61 Å². The lowest BCUT2D eigenvalue weighted by atomic mass is 10.0. The Morgan fingerprint density at radius 1 is 0.938 bits per heavy atom. The molecule has 1 heterocycles. The van der Waals surface area contributed by atoms with E-state index in [-0.39, 0.29) is 6.61 Å². The average Bonchev–Trinajstić information content (AvgIpc) is 3.61. The van der Waals surface area contributed by atoms with Crippen LogP contribution in [-0.4, -0.2) is 45.0 Å². The van der Waals surface area contributed by atoms with Crippen LogP contribution < -0.4 is 18.9 Å². The van der Waals surface area contributed by atoms with Gasteiger partial charge in [0.05, 0.1) is 46.2 Å². The summed E-state index contributed by atoms with van der Waals surface area (Å²) in [6.07, 6.45) is 2.90. The molecule has 1 aliphatic rings. The van der Waals surface area contributed by atoms with Gasteiger partial charge in [0, 0.05) is 11.5 Å². The van der Waals surface area contributed by atoms with Gasteiger partial charge >= 0.3 is 0 Å². The van der Waals surface area contributed by atoms with Gasteiger partial charge in [-0.3, -0.25) is 4.79 Å². The highest BCUT2D eigenvalue weighted by molar-refractivity contribution is 5.83. The molecule has 0 aliphatic heterocycles. The summed E-state index contributed by atoms with van der Waals surface area (Å²) in [4.78, 5) is 10.6. The molecule has 0 unspecified atom stereocenters. The van der Waals surface area contributed by atoms with Gasteiger partial charge in [-0.2, -0.15) is 0 Å². The van der Waals surface area contributed by atoms with Gasteiger partial charge in [0.15, 0.2) is 6.29 Å². The molecule has 2 aromatic carbocycles. The van der Waals surface area contributed by atoms with Crippen LogP contribution in [0, 0.1) is 0 Å². The second kappa shape index (κ2) is 10.7. The summed E-state index contributed by atoms with van der Waals surface area (Å²) in [7, 11) is 6.22. The molecule has 32 heavy (non-hydrogen) atoms. The Morgan fingerprint density at radius 2 is 1.44 bits per heavy atom. The van der Waals surface area contributed by atoms with Crippen LogP contribution in [0.15, 0.2) is 40.9 Å². The molecule has 0 atom stereocenters. The van der Waals surface area contributed by atoms with Crippen molar-refractivity contribution in [2.45, 2.75) is 25.4 Å². The Kier molecular flexibility index (Phi) is 7.72. The van der Waals surface area contributed by atoms with E-state index >= 15 is 0 Å². The molecule has 1 fully saturated rings. The second-order valence-electron chi connectivity index (χ2n) is 7.04. The van der Waals surface area contributed by atoms with Crippen LogP contribution in [0.3, 0.4) is 0 Å². The number of hydrogen-bond acceptors (Lipinski definition) is 8. The van der Waals surface area contributed by atoms with E-state index in [9.17, 15) is 9.90 Å². The van der Waals surface area contributed by atoms with Crippen LogP contribution in [0.4, 0.5) is 0 Å². The maximum atomic E-state index is 10.6. The Balaban J connectivity index is 0.000000207. The summed E-state index contributed by atoms with van der Waals surface area (Å²) < 4.78 is 26.1. The molecule has 0 saturated heterocycles. The number of methoxy groups -OCH3 is 4. The van der Waals surface area contributed by atoms with Gasteiger partial charge < -0.3 is 28.6 Å². The highest BCUT2D eigenvalue weighted by Gasteiger charge is 2.33. The fourth-order valence-electron chi connectivity index (χ4n) is 3.42. The minimum Gasteiger partial charge on any atom is -0.496 e. The molecule has 0 amide bonds. The predicted octanol–water partition coefficient (Wildman–Crippen LogP) is 4.24. The Hall–Kier alpha value is -3.52. The summed E-state index contributed by atoms with van der Waals surface area (Å²) in [5.41, 5.74) is 2.50. The van der Waals surface area contributed by atoms with Crippen molar-refractivity contribution in [1.29, 1.82) is 0 Å². The van der Waals surface area contributed by atoms with E-state index < -0.39 is 0 Å². The zero-order valence-corrected chi connectivity index (χ0v) is 18.6. The summed E-state index contributed by atoms with van der Waals surface area (Å²) in [5, 5.41) is 13.8. The Morgan fingerprint density at radius 3 is 1.84 bits per heavy atom. The van der Waals surface area contributed by atoms with Crippen molar-refractivity contribution in [3.63, 3.8) is 0 Å². The third kappa shape index (κ3) is 4.70. The molecule has 8 nitrogen and oxygen atoms in total. The number of rotatable bonds is 8. The maximum Gasteiger partial charge on any atom is 0.157 e. The number of carbonyl (C=O) groups excluding carboxylic acids is 1. The average molecular weight is 441 g/mol. The first-order valence-corrected chi connectivity index (χ1v) is 10.1. The van der Waals surface area contributed by atoms with Gasteiger partial charge in [-0.15, -0.1) is 0 Å². The fourth-order valence-corrected chi connectivity index (χ4v) is 3.42. The van der Waals surface area contributed by atoms with Crippen molar-refractivity contribution in [2.75, 3.05) is 28.4 Å². The van der Waals surface area contributed by atoms with Gasteiger partial charge in [-0.1, -0.05) is 17.3 Å². The number of ether oxygens (including phenoxy) is 4. The smallest absolute Gasteiger partial charge is 0.157 e. The number of aliphatic hydroxyl groups is 1. The van der Waals surface area contributed by atoms with Crippen LogP contribution in [0.25, 0.3) is 11.3 Å². The molecular formula is C24H27NO7. The highest BCUT2D eigenvalue weighted by Crippen LogP contribution is 2.46. The lowest BCUT2D eigenvalue weighted by Gasteiger charge is -2.11. The molecule has 1 aromatic heterocycles. The molecule has 1 N–H and O–H groups in total. The first kappa shape index (κ1) is 23.1. The van der Waals surface area contributed by atoms with E-state index in [0.717, 1.165) is 36.0 Å². The number of hydrogen-bond donors (Lipinski definition) is 1. The molecular weight excluding hydrogens is 414 g/mol. The lowest BCUT2D eigenvalue weighted by Crippen LogP contribution is -1.96. The van der Waals surface area contributed by atoms with E-state index in [2.05, 4.69) is 5.16 Å². The van der Waals surface area contributed by atoms with Gasteiger partial charge in [0.2, 0.25) is 0 Å². The number of aliphatic hydroxyl groups excluding tert-OH is 1. The lowest BCUT2D eigenvalue weighted by molar-refractivity contribution is 0.111. The molecule has 0 spiro atoms. The SMILES string of the molecule is COc1cccc(OC)c1-c1noc(C2CC2)c1CO.COc1cccc(OC)c1C=O. The van der Waals surface area contributed by atoms with E-state index in [4.69, 9.17) is 23.5 Å². The van der Waals surface area contributed by atoms with Crippen molar-refractivity contribution < 1.29 is 33.4 Å². The minimum absolute atomic E-state index is 0.105. The van der Waals surface area contributed by atoms with Crippen molar-refractivity contribution in [3.8, 4) is 34.3 Å². The first-order valence-electron chi connectivity index (χ1n) is 10.1. The van der Waals surface area contributed by atoms with Crippen molar-refractivity contribution in [2.24, 2.45) is 0 Å². The summed E-state index contributed by atoms with van der Waals surface area (Å²) >= 11 is 0. The number of aromatic nitrogens is 1. The number of carbonyl (C=O) groups is 1. The van der Waals surface area contributed by atoms with Crippen LogP contribution >= 0.6 is 0 Å². The monoisotopic (exact) mass is 441 g/mol. The zero-order valence-electron chi connectivity index (χ0n) is 18.6. The molecule has 4 rings (SSSR count). The van der Waals surface area contributed by atoms with E-state index in [0.29, 0.717) is 40.2 Å². The van der Waals surface area contributed by atoms with Gasteiger partial charge in [-0.05, 0) is 37.1 Å². The standard InChI is InChI=1S/C15H17NO4.C9H10O3/c1-18-11-4-3-5-12(19-2)13(11)14-10(8-17)15(20-16-14)9-6-7-9;1-11-8-4-3-5-9(12-2)7(8)6-10/h3-5,9,17H,6-8H2,1-2H3;3-6H,1-2H3. The van der Waals surface area contributed by atoms with Crippen LogP contribution in [0.5, 0.6) is 23.0 Å². The topological polar surface area (TPSA) is 100 Å². The molecule has 170 valence electrons. The summed E-state index contributed by atoms with van der Waals surface area (Å²) in [5.74, 6) is 3.53. The molecule has 1 aliphatic carbocycles. The number of benzene rings is 2. The van der Waals surface area contributed by atoms with E-state index in [1.807, 2.05) is 18.2 Å². The van der Waals surface area contributed by atoms with Gasteiger partial charge in [0.1, 0.15) is 34.5 Å². The van der Waals surface area contributed by atoms with Crippen molar-refractivity contribution >= 4 is 6.29 Å². The molecule has 0 radical (unpaired) electrons. The second-order valence-corrected chi connectivity index (χ2v) is 7.04. The van der Waals surface area contributed by atoms with Crippen molar-refractivity contribution in [1.82, 2.24) is 5.16 Å². The van der Waals surface area contributed by atoms with Gasteiger partial charge in [-0.25, -0.2) is 0 Å². The number of aldehydes is 1. The van der Waals surface area contributed by atoms with E-state index in [1.165, 1.54) is 14.2 Å². The summed E-state index contributed by atoms with van der Waals surface area (Å²) in [6.45, 7) is -0.105. The quantitative estimate of drug-likeness (QED) is 0.518. The third-order valence-electron chi connectivity index (χ3n) is 5.17. The molecule has 3 aromatic rings. The first-order chi connectivity index (χ1) is 15.6. The molecule has 1 saturated carbocycles. The highest BCUT2D eigenvalue weighted by atomic mass is 16.5. The molecule has 0 bridgehead atoms. The Bertz CT molecular complexity index is 1010. The maximum absolute atomic E-state index is 10.6. The minimum atomic E-state index is -0.105. The zero-order chi connectivity index (χ0) is 23.1. The Labute approximate surface area is 186 Å². The van der Waals surface area contributed by atoms with Crippen LogP contribution in [0.1, 0.15) is 40.4 Å².